The minimum Gasteiger partial charge on any atom is -0.491 e. The lowest BCUT2D eigenvalue weighted by Crippen LogP contribution is -2.59. The molecule has 3 fully saturated rings. The van der Waals surface area contributed by atoms with E-state index in [4.69, 9.17) is 4.74 Å². The van der Waals surface area contributed by atoms with E-state index in [1.165, 1.54) is 37.1 Å². The Morgan fingerprint density at radius 3 is 2.45 bits per heavy atom. The van der Waals surface area contributed by atoms with Gasteiger partial charge in [0.1, 0.15) is 5.75 Å². The van der Waals surface area contributed by atoms with Crippen LogP contribution in [0, 0.1) is 5.92 Å². The van der Waals surface area contributed by atoms with Crippen molar-refractivity contribution < 1.29 is 9.53 Å². The van der Waals surface area contributed by atoms with Crippen molar-refractivity contribution in [3.05, 3.63) is 65.2 Å². The summed E-state index contributed by atoms with van der Waals surface area (Å²) in [5.74, 6) is 1.49. The van der Waals surface area contributed by atoms with Crippen LogP contribution in [0.1, 0.15) is 49.4 Å². The Morgan fingerprint density at radius 1 is 1.03 bits per heavy atom. The van der Waals surface area contributed by atoms with E-state index >= 15 is 0 Å². The van der Waals surface area contributed by atoms with Crippen LogP contribution in [0.3, 0.4) is 0 Å². The van der Waals surface area contributed by atoms with E-state index in [2.05, 4.69) is 46.6 Å². The van der Waals surface area contributed by atoms with Crippen LogP contribution in [-0.2, 0) is 6.42 Å². The highest BCUT2D eigenvalue weighted by molar-refractivity contribution is 5.76. The van der Waals surface area contributed by atoms with E-state index in [1.54, 1.807) is 0 Å². The van der Waals surface area contributed by atoms with Crippen molar-refractivity contribution in [2.45, 2.75) is 51.3 Å². The molecule has 0 aromatic heterocycles. The van der Waals surface area contributed by atoms with Crippen LogP contribution in [0.25, 0.3) is 0 Å². The maximum atomic E-state index is 13.5. The Labute approximate surface area is 185 Å². The minimum absolute atomic E-state index is 0.0701. The number of hydrogen-bond donors (Lipinski definition) is 1. The molecule has 2 atom stereocenters. The number of rotatable bonds is 4. The average Bonchev–Trinajstić information content (AvgIpc) is 2.79. The van der Waals surface area contributed by atoms with Crippen LogP contribution in [0.15, 0.2) is 48.5 Å². The summed E-state index contributed by atoms with van der Waals surface area (Å²) >= 11 is 0. The smallest absolute Gasteiger partial charge is 0.318 e. The Hall–Kier alpha value is -2.53. The minimum atomic E-state index is -0.0702. The molecule has 2 aromatic carbocycles. The number of ether oxygens (including phenoxy) is 1. The Bertz CT molecular complexity index is 919. The second kappa shape index (κ2) is 8.54. The molecule has 1 N–H and O–H groups in total. The molecule has 0 aliphatic carbocycles. The van der Waals surface area contributed by atoms with Gasteiger partial charge in [0.15, 0.2) is 0 Å². The van der Waals surface area contributed by atoms with Crippen molar-refractivity contribution in [3.8, 4) is 5.75 Å². The van der Waals surface area contributed by atoms with Crippen molar-refractivity contribution in [1.29, 1.82) is 0 Å². The predicted molar refractivity (Wildman–Crippen MR) is 122 cm³/mol. The molecular formula is C26H33N3O2. The molecule has 4 aliphatic rings. The SMILES string of the molecule is CC(C)Oc1ccc([C@H]2c3ccccc3CCN2C(=O)N[C@@H]2CN3CCC2CC3)cc1. The summed E-state index contributed by atoms with van der Waals surface area (Å²) in [6.07, 6.45) is 3.45. The van der Waals surface area contributed by atoms with Gasteiger partial charge in [-0.15, -0.1) is 0 Å². The zero-order valence-electron chi connectivity index (χ0n) is 18.6. The van der Waals surface area contributed by atoms with Crippen molar-refractivity contribution in [2.75, 3.05) is 26.2 Å². The third-order valence-electron chi connectivity index (χ3n) is 7.08. The first-order valence-corrected chi connectivity index (χ1v) is 11.7. The van der Waals surface area contributed by atoms with Gasteiger partial charge in [0, 0.05) is 19.1 Å². The second-order valence-electron chi connectivity index (χ2n) is 9.47. The summed E-state index contributed by atoms with van der Waals surface area (Å²) in [5, 5.41) is 3.41. The monoisotopic (exact) mass is 419 g/mol. The lowest BCUT2D eigenvalue weighted by atomic mass is 9.84. The van der Waals surface area contributed by atoms with Crippen molar-refractivity contribution in [2.24, 2.45) is 5.92 Å². The highest BCUT2D eigenvalue weighted by atomic mass is 16.5. The summed E-state index contributed by atoms with van der Waals surface area (Å²) in [7, 11) is 0. The Kier molecular flexibility index (Phi) is 5.61. The summed E-state index contributed by atoms with van der Waals surface area (Å²) < 4.78 is 5.83. The first kappa shape index (κ1) is 20.4. The van der Waals surface area contributed by atoms with Crippen molar-refractivity contribution >= 4 is 6.03 Å². The first-order valence-electron chi connectivity index (χ1n) is 11.7. The van der Waals surface area contributed by atoms with E-state index in [-0.39, 0.29) is 24.2 Å². The number of amides is 2. The summed E-state index contributed by atoms with van der Waals surface area (Å²) in [6, 6.07) is 17.1. The largest absolute Gasteiger partial charge is 0.491 e. The number of nitrogens with one attached hydrogen (secondary N) is 1. The van der Waals surface area contributed by atoms with Crippen LogP contribution < -0.4 is 10.1 Å². The quantitative estimate of drug-likeness (QED) is 0.807. The van der Waals surface area contributed by atoms with Gasteiger partial charge >= 0.3 is 6.03 Å². The molecule has 2 amide bonds. The molecule has 4 aliphatic heterocycles. The van der Waals surface area contributed by atoms with Gasteiger partial charge in [0.2, 0.25) is 0 Å². The highest BCUT2D eigenvalue weighted by Gasteiger charge is 2.38. The number of hydrogen-bond acceptors (Lipinski definition) is 3. The number of piperidine rings is 3. The molecule has 2 aromatic rings. The standard InChI is InChI=1S/C26H33N3O2/c1-18(2)31-22-9-7-21(8-10-22)25-23-6-4-3-5-19(23)13-16-29(25)26(30)27-24-17-28-14-11-20(24)12-15-28/h3-10,18,20,24-25H,11-17H2,1-2H3,(H,27,30)/t24-,25+/m1/s1. The van der Waals surface area contributed by atoms with Gasteiger partial charge in [-0.1, -0.05) is 36.4 Å². The molecule has 3 saturated heterocycles. The van der Waals surface area contributed by atoms with Gasteiger partial charge in [-0.3, -0.25) is 0 Å². The van der Waals surface area contributed by atoms with E-state index in [9.17, 15) is 4.79 Å². The highest BCUT2D eigenvalue weighted by Crippen LogP contribution is 2.36. The zero-order chi connectivity index (χ0) is 21.4. The number of carbonyl (C=O) groups excluding carboxylic acids is 1. The van der Waals surface area contributed by atoms with Gasteiger partial charge in [0.25, 0.3) is 0 Å². The van der Waals surface area contributed by atoms with Crippen LogP contribution in [0.5, 0.6) is 5.75 Å². The third-order valence-corrected chi connectivity index (χ3v) is 7.08. The lowest BCUT2D eigenvalue weighted by molar-refractivity contribution is 0.0715. The topological polar surface area (TPSA) is 44.8 Å². The van der Waals surface area contributed by atoms with Crippen LogP contribution >= 0.6 is 0 Å². The normalized spacial score (nSPS) is 27.1. The molecule has 2 bridgehead atoms. The molecular weight excluding hydrogens is 386 g/mol. The number of carbonyl (C=O) groups is 1. The number of urea groups is 1. The van der Waals surface area contributed by atoms with Gasteiger partial charge < -0.3 is 19.9 Å². The maximum Gasteiger partial charge on any atom is 0.318 e. The van der Waals surface area contributed by atoms with Gasteiger partial charge in [-0.05, 0) is 80.9 Å². The number of fused-ring (bicyclic) bond motifs is 4. The predicted octanol–water partition coefficient (Wildman–Crippen LogP) is 4.23. The Balaban J connectivity index is 1.41. The number of benzene rings is 2. The van der Waals surface area contributed by atoms with Crippen LogP contribution in [0.2, 0.25) is 0 Å². The molecule has 0 radical (unpaired) electrons. The molecule has 6 rings (SSSR count). The maximum absolute atomic E-state index is 13.5. The number of nitrogens with zero attached hydrogens (tertiary/aromatic N) is 2. The van der Waals surface area contributed by atoms with Gasteiger partial charge in [0.05, 0.1) is 12.1 Å². The fraction of sp³-hybridized carbons (Fsp3) is 0.500. The van der Waals surface area contributed by atoms with Crippen LogP contribution in [0.4, 0.5) is 4.79 Å². The molecule has 0 spiro atoms. The van der Waals surface area contributed by atoms with E-state index in [0.29, 0.717) is 5.92 Å². The summed E-state index contributed by atoms with van der Waals surface area (Å²) in [5.41, 5.74) is 3.70. The fourth-order valence-corrected chi connectivity index (χ4v) is 5.52. The van der Waals surface area contributed by atoms with E-state index in [1.807, 2.05) is 30.9 Å². The van der Waals surface area contributed by atoms with Crippen molar-refractivity contribution in [3.63, 3.8) is 0 Å². The summed E-state index contributed by atoms with van der Waals surface area (Å²) in [6.45, 7) is 8.16. The zero-order valence-corrected chi connectivity index (χ0v) is 18.6. The molecule has 5 nitrogen and oxygen atoms in total. The fourth-order valence-electron chi connectivity index (χ4n) is 5.52. The van der Waals surface area contributed by atoms with Gasteiger partial charge in [-0.2, -0.15) is 0 Å². The lowest BCUT2D eigenvalue weighted by Gasteiger charge is -2.46. The molecule has 5 heteroatoms. The molecule has 31 heavy (non-hydrogen) atoms. The molecule has 4 heterocycles. The first-order chi connectivity index (χ1) is 15.1. The summed E-state index contributed by atoms with van der Waals surface area (Å²) in [4.78, 5) is 18.0. The average molecular weight is 420 g/mol. The molecule has 164 valence electrons. The van der Waals surface area contributed by atoms with Crippen LogP contribution in [-0.4, -0.2) is 54.2 Å². The Morgan fingerprint density at radius 2 is 1.77 bits per heavy atom. The van der Waals surface area contributed by atoms with E-state index in [0.717, 1.165) is 30.8 Å². The van der Waals surface area contributed by atoms with Crippen molar-refractivity contribution in [1.82, 2.24) is 15.1 Å². The van der Waals surface area contributed by atoms with E-state index < -0.39 is 0 Å². The second-order valence-corrected chi connectivity index (χ2v) is 9.47. The molecule has 0 unspecified atom stereocenters. The molecule has 0 saturated carbocycles. The third kappa shape index (κ3) is 4.16. The van der Waals surface area contributed by atoms with Gasteiger partial charge in [-0.25, -0.2) is 4.79 Å².